The number of ether oxygens (including phenoxy) is 3. The van der Waals surface area contributed by atoms with Crippen molar-refractivity contribution in [3.05, 3.63) is 47.9 Å². The Labute approximate surface area is 169 Å². The molecule has 0 radical (unpaired) electrons. The van der Waals surface area contributed by atoms with Crippen LogP contribution < -0.4 is 10.1 Å². The van der Waals surface area contributed by atoms with Gasteiger partial charge in [0.25, 0.3) is 0 Å². The summed E-state index contributed by atoms with van der Waals surface area (Å²) in [5.74, 6) is 2.35. The van der Waals surface area contributed by atoms with Crippen LogP contribution in [0.3, 0.4) is 0 Å². The number of aromatic amines is 1. The van der Waals surface area contributed by atoms with Crippen molar-refractivity contribution in [2.45, 2.75) is 37.3 Å². The van der Waals surface area contributed by atoms with Gasteiger partial charge in [0.15, 0.2) is 0 Å². The molecule has 152 valence electrons. The molecule has 3 heterocycles. The lowest BCUT2D eigenvalue weighted by molar-refractivity contribution is -0.00924. The maximum absolute atomic E-state index is 6.17. The van der Waals surface area contributed by atoms with Gasteiger partial charge in [0, 0.05) is 31.6 Å². The average molecular weight is 394 g/mol. The summed E-state index contributed by atoms with van der Waals surface area (Å²) in [6.07, 6.45) is 4.83. The fraction of sp³-hybridized carbons (Fsp3) is 0.455. The minimum Gasteiger partial charge on any atom is -0.490 e. The number of nitrogens with one attached hydrogen (secondary N) is 2. The number of aromatic nitrogens is 3. The van der Waals surface area contributed by atoms with Crippen molar-refractivity contribution >= 4 is 16.9 Å². The summed E-state index contributed by atoms with van der Waals surface area (Å²) in [5, 5.41) is 4.66. The molecule has 7 nitrogen and oxygen atoms in total. The molecule has 0 saturated heterocycles. The van der Waals surface area contributed by atoms with Gasteiger partial charge in [0.2, 0.25) is 0 Å². The van der Waals surface area contributed by atoms with E-state index in [1.54, 1.807) is 13.4 Å². The van der Waals surface area contributed by atoms with Crippen LogP contribution in [0.5, 0.6) is 5.75 Å². The van der Waals surface area contributed by atoms with Crippen molar-refractivity contribution in [1.29, 1.82) is 0 Å². The zero-order valence-electron chi connectivity index (χ0n) is 16.6. The van der Waals surface area contributed by atoms with E-state index in [0.29, 0.717) is 25.7 Å². The number of H-pyrrole nitrogens is 1. The van der Waals surface area contributed by atoms with Crippen LogP contribution in [0.25, 0.3) is 11.0 Å². The minimum atomic E-state index is -0.117. The fourth-order valence-electron chi connectivity index (χ4n) is 3.93. The van der Waals surface area contributed by atoms with Gasteiger partial charge in [-0.3, -0.25) is 0 Å². The highest BCUT2D eigenvalue weighted by molar-refractivity contribution is 5.88. The third-order valence-corrected chi connectivity index (χ3v) is 5.61. The lowest BCUT2D eigenvalue weighted by Crippen LogP contribution is -2.38. The molecule has 1 aliphatic carbocycles. The van der Waals surface area contributed by atoms with E-state index in [0.717, 1.165) is 34.6 Å². The van der Waals surface area contributed by atoms with Crippen molar-refractivity contribution in [1.82, 2.24) is 15.0 Å². The molecule has 5 rings (SSSR count). The van der Waals surface area contributed by atoms with Crippen molar-refractivity contribution in [3.63, 3.8) is 0 Å². The van der Waals surface area contributed by atoms with Crippen LogP contribution in [0.15, 0.2) is 36.7 Å². The summed E-state index contributed by atoms with van der Waals surface area (Å²) in [7, 11) is 1.71. The molecule has 2 aliphatic rings. The third-order valence-electron chi connectivity index (χ3n) is 5.61. The Morgan fingerprint density at radius 3 is 2.97 bits per heavy atom. The minimum absolute atomic E-state index is 0.0557. The molecule has 0 bridgehead atoms. The molecule has 2 atom stereocenters. The Balaban J connectivity index is 1.44. The lowest BCUT2D eigenvalue weighted by atomic mass is 9.98. The number of anilines is 1. The first-order valence-corrected chi connectivity index (χ1v) is 10.3. The molecule has 1 fully saturated rings. The Kier molecular flexibility index (Phi) is 5.08. The highest BCUT2D eigenvalue weighted by atomic mass is 16.5. The average Bonchev–Trinajstić information content (AvgIpc) is 3.51. The molecular formula is C22H26N4O3. The molecule has 3 aromatic rings. The van der Waals surface area contributed by atoms with Crippen molar-refractivity contribution in [2.75, 3.05) is 32.2 Å². The Bertz CT molecular complexity index is 985. The second-order valence-corrected chi connectivity index (χ2v) is 7.71. The molecule has 29 heavy (non-hydrogen) atoms. The summed E-state index contributed by atoms with van der Waals surface area (Å²) in [6.45, 7) is 1.80. The zero-order valence-corrected chi connectivity index (χ0v) is 16.6. The van der Waals surface area contributed by atoms with E-state index >= 15 is 0 Å². The molecule has 2 unspecified atom stereocenters. The second-order valence-electron chi connectivity index (χ2n) is 7.71. The maximum atomic E-state index is 6.17. The van der Waals surface area contributed by atoms with E-state index in [-0.39, 0.29) is 12.1 Å². The molecule has 1 aliphatic heterocycles. The van der Waals surface area contributed by atoms with E-state index in [1.807, 2.05) is 18.2 Å². The highest BCUT2D eigenvalue weighted by Crippen LogP contribution is 2.42. The molecule has 2 N–H and O–H groups in total. The van der Waals surface area contributed by atoms with Crippen LogP contribution in [0.1, 0.15) is 42.5 Å². The second kappa shape index (κ2) is 8.00. The topological polar surface area (TPSA) is 81.3 Å². The summed E-state index contributed by atoms with van der Waals surface area (Å²) >= 11 is 0. The Hall–Kier alpha value is -2.64. The van der Waals surface area contributed by atoms with Gasteiger partial charge in [0.05, 0.1) is 11.4 Å². The first kappa shape index (κ1) is 18.4. The highest BCUT2D eigenvalue weighted by Gasteiger charge is 2.33. The quantitative estimate of drug-likeness (QED) is 0.566. The van der Waals surface area contributed by atoms with Gasteiger partial charge < -0.3 is 24.5 Å². The number of hydrogen-bond donors (Lipinski definition) is 2. The smallest absolute Gasteiger partial charge is 0.143 e. The van der Waals surface area contributed by atoms with Crippen molar-refractivity contribution in [2.24, 2.45) is 0 Å². The van der Waals surface area contributed by atoms with Gasteiger partial charge in [-0.1, -0.05) is 18.2 Å². The fourth-order valence-corrected chi connectivity index (χ4v) is 3.93. The largest absolute Gasteiger partial charge is 0.490 e. The zero-order chi connectivity index (χ0) is 19.6. The van der Waals surface area contributed by atoms with Gasteiger partial charge in [-0.15, -0.1) is 0 Å². The van der Waals surface area contributed by atoms with Gasteiger partial charge in [-0.05, 0) is 37.3 Å². The van der Waals surface area contributed by atoms with E-state index in [4.69, 9.17) is 14.2 Å². The Morgan fingerprint density at radius 2 is 2.10 bits per heavy atom. The van der Waals surface area contributed by atoms with Crippen molar-refractivity contribution < 1.29 is 14.2 Å². The Morgan fingerprint density at radius 1 is 1.21 bits per heavy atom. The monoisotopic (exact) mass is 394 g/mol. The van der Waals surface area contributed by atoms with Crippen LogP contribution >= 0.6 is 0 Å². The van der Waals surface area contributed by atoms with Gasteiger partial charge in [-0.2, -0.15) is 0 Å². The standard InChI is InChI=1S/C22H26N4O3/c1-27-9-4-10-28-19-12-29-18-6-3-2-5-15(18)20(19)26-22-16-11-17(14-7-8-14)25-21(16)23-13-24-22/h2-3,5-6,11,13-14,19-20H,4,7-10,12H2,1H3,(H2,23,24,25,26). The third kappa shape index (κ3) is 3.80. The number of para-hydroxylation sites is 1. The number of methoxy groups -OCH3 is 1. The first-order valence-electron chi connectivity index (χ1n) is 10.3. The van der Waals surface area contributed by atoms with E-state index in [1.165, 1.54) is 18.5 Å². The predicted molar refractivity (Wildman–Crippen MR) is 110 cm³/mol. The number of benzene rings is 1. The molecular weight excluding hydrogens is 368 g/mol. The maximum Gasteiger partial charge on any atom is 0.143 e. The molecule has 1 aromatic carbocycles. The summed E-state index contributed by atoms with van der Waals surface area (Å²) < 4.78 is 17.3. The summed E-state index contributed by atoms with van der Waals surface area (Å²) in [4.78, 5) is 12.4. The van der Waals surface area contributed by atoms with E-state index < -0.39 is 0 Å². The number of hydrogen-bond acceptors (Lipinski definition) is 6. The van der Waals surface area contributed by atoms with Crippen LogP contribution in [0.2, 0.25) is 0 Å². The SMILES string of the molecule is COCCCOC1COc2ccccc2C1Nc1ncnc2[nH]c(C3CC3)cc12. The lowest BCUT2D eigenvalue weighted by Gasteiger charge is -2.34. The van der Waals surface area contributed by atoms with Gasteiger partial charge >= 0.3 is 0 Å². The summed E-state index contributed by atoms with van der Waals surface area (Å²) in [5.41, 5.74) is 3.21. The molecule has 1 saturated carbocycles. The van der Waals surface area contributed by atoms with Crippen molar-refractivity contribution in [3.8, 4) is 5.75 Å². The summed E-state index contributed by atoms with van der Waals surface area (Å²) in [6, 6.07) is 10.2. The van der Waals surface area contributed by atoms with E-state index in [2.05, 4.69) is 32.4 Å². The van der Waals surface area contributed by atoms with Crippen LogP contribution in [-0.2, 0) is 9.47 Å². The van der Waals surface area contributed by atoms with Gasteiger partial charge in [0.1, 0.15) is 36.3 Å². The normalized spacial score (nSPS) is 21.0. The number of fused-ring (bicyclic) bond motifs is 2. The number of rotatable bonds is 8. The van der Waals surface area contributed by atoms with Gasteiger partial charge in [-0.25, -0.2) is 9.97 Å². The molecule has 0 spiro atoms. The van der Waals surface area contributed by atoms with Crippen LogP contribution in [0, 0.1) is 0 Å². The molecule has 7 heteroatoms. The van der Waals surface area contributed by atoms with Crippen LogP contribution in [-0.4, -0.2) is 48.0 Å². The first-order chi connectivity index (χ1) is 14.3. The predicted octanol–water partition coefficient (Wildman–Crippen LogP) is 3.80. The molecule has 2 aromatic heterocycles. The number of nitrogens with zero attached hydrogens (tertiary/aromatic N) is 2. The van der Waals surface area contributed by atoms with E-state index in [9.17, 15) is 0 Å². The molecule has 0 amide bonds. The van der Waals surface area contributed by atoms with Crippen LogP contribution in [0.4, 0.5) is 5.82 Å².